The van der Waals surface area contributed by atoms with Crippen LogP contribution in [0.3, 0.4) is 0 Å². The summed E-state index contributed by atoms with van der Waals surface area (Å²) >= 11 is 3.53. The lowest BCUT2D eigenvalue weighted by Crippen LogP contribution is -2.43. The van der Waals surface area contributed by atoms with Gasteiger partial charge >= 0.3 is 0 Å². The third-order valence-corrected chi connectivity index (χ3v) is 5.65. The van der Waals surface area contributed by atoms with E-state index in [1.807, 2.05) is 48.5 Å². The molecule has 1 fully saturated rings. The monoisotopic (exact) mass is 412 g/mol. The Morgan fingerprint density at radius 2 is 2.04 bits per heavy atom. The second-order valence-electron chi connectivity index (χ2n) is 6.67. The molecule has 4 rings (SSSR count). The van der Waals surface area contributed by atoms with E-state index in [0.717, 1.165) is 46.4 Å². The van der Waals surface area contributed by atoms with E-state index in [1.54, 1.807) is 0 Å². The molecule has 1 amide bonds. The highest BCUT2D eigenvalue weighted by Crippen LogP contribution is 2.24. The van der Waals surface area contributed by atoms with Gasteiger partial charge in [-0.1, -0.05) is 46.3 Å². The van der Waals surface area contributed by atoms with Gasteiger partial charge in [-0.05, 0) is 36.6 Å². The number of carbonyl (C=O) groups is 1. The standard InChI is InChI=1S/C20H21BrN4O/c21-16-8-2-1-6-14(16)12-22-19(26)15-7-5-11-25(13-15)20-23-17-9-3-4-10-18(17)24-20/h1-4,6,8-10,15H,5,7,11-13H2,(H,22,26)(H,23,24). The Labute approximate surface area is 160 Å². The van der Waals surface area contributed by atoms with Crippen molar-refractivity contribution in [3.05, 3.63) is 58.6 Å². The first-order valence-corrected chi connectivity index (χ1v) is 9.71. The predicted octanol–water partition coefficient (Wildman–Crippen LogP) is 3.86. The average molecular weight is 413 g/mol. The molecule has 0 aliphatic carbocycles. The molecular formula is C20H21BrN4O. The Balaban J connectivity index is 1.41. The summed E-state index contributed by atoms with van der Waals surface area (Å²) in [6, 6.07) is 16.0. The van der Waals surface area contributed by atoms with Crippen LogP contribution >= 0.6 is 15.9 Å². The third-order valence-electron chi connectivity index (χ3n) is 4.88. The molecular weight excluding hydrogens is 392 g/mol. The molecule has 0 saturated carbocycles. The number of hydrogen-bond acceptors (Lipinski definition) is 3. The highest BCUT2D eigenvalue weighted by molar-refractivity contribution is 9.10. The summed E-state index contributed by atoms with van der Waals surface area (Å²) < 4.78 is 1.02. The highest BCUT2D eigenvalue weighted by atomic mass is 79.9. The number of amides is 1. The normalized spacial score (nSPS) is 17.4. The minimum Gasteiger partial charge on any atom is -0.352 e. The molecule has 3 aromatic rings. The Kier molecular flexibility index (Phi) is 4.93. The van der Waals surface area contributed by atoms with Crippen LogP contribution in [0, 0.1) is 5.92 Å². The first kappa shape index (κ1) is 17.1. The van der Waals surface area contributed by atoms with E-state index >= 15 is 0 Å². The molecule has 0 bridgehead atoms. The van der Waals surface area contributed by atoms with E-state index in [1.165, 1.54) is 0 Å². The van der Waals surface area contributed by atoms with Crippen molar-refractivity contribution in [1.82, 2.24) is 15.3 Å². The number of para-hydroxylation sites is 2. The fourth-order valence-corrected chi connectivity index (χ4v) is 3.87. The summed E-state index contributed by atoms with van der Waals surface area (Å²) in [7, 11) is 0. The second kappa shape index (κ2) is 7.50. The molecule has 26 heavy (non-hydrogen) atoms. The van der Waals surface area contributed by atoms with Crippen molar-refractivity contribution in [2.75, 3.05) is 18.0 Å². The lowest BCUT2D eigenvalue weighted by Gasteiger charge is -2.31. The summed E-state index contributed by atoms with van der Waals surface area (Å²) in [6.07, 6.45) is 1.91. The van der Waals surface area contributed by atoms with Crippen LogP contribution in [0.1, 0.15) is 18.4 Å². The third kappa shape index (κ3) is 3.60. The molecule has 0 radical (unpaired) electrons. The number of fused-ring (bicyclic) bond motifs is 1. The van der Waals surface area contributed by atoms with Crippen molar-refractivity contribution < 1.29 is 4.79 Å². The van der Waals surface area contributed by atoms with Crippen LogP contribution in [0.5, 0.6) is 0 Å². The maximum Gasteiger partial charge on any atom is 0.225 e. The molecule has 2 heterocycles. The van der Waals surface area contributed by atoms with Gasteiger partial charge in [-0.2, -0.15) is 0 Å². The maximum atomic E-state index is 12.6. The van der Waals surface area contributed by atoms with Crippen LogP contribution in [0.4, 0.5) is 5.95 Å². The van der Waals surface area contributed by atoms with E-state index in [9.17, 15) is 4.79 Å². The lowest BCUT2D eigenvalue weighted by atomic mass is 9.97. The van der Waals surface area contributed by atoms with Gasteiger partial charge < -0.3 is 15.2 Å². The summed E-state index contributed by atoms with van der Waals surface area (Å²) in [6.45, 7) is 2.16. The van der Waals surface area contributed by atoms with E-state index in [0.29, 0.717) is 13.1 Å². The van der Waals surface area contributed by atoms with Gasteiger partial charge in [0.2, 0.25) is 11.9 Å². The molecule has 2 N–H and O–H groups in total. The van der Waals surface area contributed by atoms with Gasteiger partial charge in [-0.25, -0.2) is 4.98 Å². The topological polar surface area (TPSA) is 61.0 Å². The molecule has 5 nitrogen and oxygen atoms in total. The summed E-state index contributed by atoms with van der Waals surface area (Å²) in [5.41, 5.74) is 3.08. The highest BCUT2D eigenvalue weighted by Gasteiger charge is 2.27. The predicted molar refractivity (Wildman–Crippen MR) is 107 cm³/mol. The van der Waals surface area contributed by atoms with Crippen LogP contribution in [0.25, 0.3) is 11.0 Å². The number of benzene rings is 2. The number of H-pyrrole nitrogens is 1. The smallest absolute Gasteiger partial charge is 0.225 e. The molecule has 1 atom stereocenters. The SMILES string of the molecule is O=C(NCc1ccccc1Br)C1CCCN(c2nc3ccccc3[nH]2)C1. The number of anilines is 1. The summed E-state index contributed by atoms with van der Waals surface area (Å²) in [5, 5.41) is 3.08. The maximum absolute atomic E-state index is 12.6. The molecule has 1 aliphatic rings. The van der Waals surface area contributed by atoms with Crippen LogP contribution in [-0.4, -0.2) is 29.0 Å². The Hall–Kier alpha value is -2.34. The van der Waals surface area contributed by atoms with Crippen molar-refractivity contribution in [1.29, 1.82) is 0 Å². The number of rotatable bonds is 4. The van der Waals surface area contributed by atoms with Gasteiger partial charge in [0.15, 0.2) is 0 Å². The largest absolute Gasteiger partial charge is 0.352 e. The number of aromatic amines is 1. The van der Waals surface area contributed by atoms with Gasteiger partial charge in [0, 0.05) is 24.1 Å². The second-order valence-corrected chi connectivity index (χ2v) is 7.53. The van der Waals surface area contributed by atoms with Crippen LogP contribution in [-0.2, 0) is 11.3 Å². The number of aromatic nitrogens is 2. The Morgan fingerprint density at radius 3 is 2.88 bits per heavy atom. The zero-order valence-electron chi connectivity index (χ0n) is 14.4. The van der Waals surface area contributed by atoms with Gasteiger partial charge in [0.1, 0.15) is 0 Å². The zero-order valence-corrected chi connectivity index (χ0v) is 16.0. The zero-order chi connectivity index (χ0) is 17.9. The Morgan fingerprint density at radius 1 is 1.23 bits per heavy atom. The molecule has 6 heteroatoms. The minimum absolute atomic E-state index is 0.0144. The van der Waals surface area contributed by atoms with Crippen molar-refractivity contribution in [2.24, 2.45) is 5.92 Å². The molecule has 1 saturated heterocycles. The van der Waals surface area contributed by atoms with E-state index in [-0.39, 0.29) is 11.8 Å². The van der Waals surface area contributed by atoms with Gasteiger partial charge in [0.25, 0.3) is 0 Å². The fourth-order valence-electron chi connectivity index (χ4n) is 3.44. The van der Waals surface area contributed by atoms with Crippen LogP contribution in [0.15, 0.2) is 53.0 Å². The molecule has 134 valence electrons. The Bertz CT molecular complexity index is 890. The van der Waals surface area contributed by atoms with Crippen molar-refractivity contribution in [3.8, 4) is 0 Å². The number of piperidine rings is 1. The summed E-state index contributed by atoms with van der Waals surface area (Å²) in [4.78, 5) is 22.9. The summed E-state index contributed by atoms with van der Waals surface area (Å²) in [5.74, 6) is 0.954. The number of halogens is 1. The first-order valence-electron chi connectivity index (χ1n) is 8.91. The number of carbonyl (C=O) groups excluding carboxylic acids is 1. The fraction of sp³-hybridized carbons (Fsp3) is 0.300. The van der Waals surface area contributed by atoms with Gasteiger partial charge in [0.05, 0.1) is 17.0 Å². The first-order chi connectivity index (χ1) is 12.7. The van der Waals surface area contributed by atoms with E-state index in [4.69, 9.17) is 0 Å². The number of nitrogens with one attached hydrogen (secondary N) is 2. The molecule has 0 spiro atoms. The number of imidazole rings is 1. The number of nitrogens with zero attached hydrogens (tertiary/aromatic N) is 2. The average Bonchev–Trinajstić information content (AvgIpc) is 3.11. The van der Waals surface area contributed by atoms with Crippen molar-refractivity contribution in [3.63, 3.8) is 0 Å². The van der Waals surface area contributed by atoms with E-state index < -0.39 is 0 Å². The molecule has 1 aromatic heterocycles. The van der Waals surface area contributed by atoms with Crippen LogP contribution < -0.4 is 10.2 Å². The molecule has 1 aliphatic heterocycles. The van der Waals surface area contributed by atoms with E-state index in [2.05, 4.69) is 36.1 Å². The van der Waals surface area contributed by atoms with Crippen LogP contribution in [0.2, 0.25) is 0 Å². The molecule has 2 aromatic carbocycles. The quantitative estimate of drug-likeness (QED) is 0.683. The van der Waals surface area contributed by atoms with Crippen molar-refractivity contribution >= 4 is 38.8 Å². The number of hydrogen-bond donors (Lipinski definition) is 2. The van der Waals surface area contributed by atoms with Gasteiger partial charge in [-0.3, -0.25) is 4.79 Å². The molecule has 1 unspecified atom stereocenters. The van der Waals surface area contributed by atoms with Gasteiger partial charge in [-0.15, -0.1) is 0 Å². The minimum atomic E-state index is -0.0144. The van der Waals surface area contributed by atoms with Crippen molar-refractivity contribution in [2.45, 2.75) is 19.4 Å². The lowest BCUT2D eigenvalue weighted by molar-refractivity contribution is -0.125.